The zero-order valence-corrected chi connectivity index (χ0v) is 13.7. The number of thioether (sulfide) groups is 1. The Hall–Kier alpha value is -0.470. The molecule has 0 saturated carbocycles. The SMILES string of the molecule is CCCCCCC(C)NC(C)c1ccc(SC)cc1. The minimum Gasteiger partial charge on any atom is -0.308 e. The topological polar surface area (TPSA) is 12.0 Å². The van der Waals surface area contributed by atoms with E-state index in [0.717, 1.165) is 0 Å². The fourth-order valence-electron chi connectivity index (χ4n) is 2.38. The van der Waals surface area contributed by atoms with Crippen molar-refractivity contribution < 1.29 is 0 Å². The zero-order valence-electron chi connectivity index (χ0n) is 12.9. The Bertz CT molecular complexity index is 334. The van der Waals surface area contributed by atoms with Crippen molar-refractivity contribution in [1.82, 2.24) is 5.32 Å². The first-order chi connectivity index (χ1) is 9.17. The van der Waals surface area contributed by atoms with Crippen molar-refractivity contribution in [2.75, 3.05) is 6.26 Å². The van der Waals surface area contributed by atoms with E-state index in [1.807, 2.05) is 0 Å². The van der Waals surface area contributed by atoms with Gasteiger partial charge in [0.1, 0.15) is 0 Å². The summed E-state index contributed by atoms with van der Waals surface area (Å²) in [7, 11) is 0. The standard InChI is InChI=1S/C17H29NS/c1-5-6-7-8-9-14(2)18-15(3)16-10-12-17(19-4)13-11-16/h10-15,18H,5-9H2,1-4H3. The quantitative estimate of drug-likeness (QED) is 0.478. The first-order valence-corrected chi connectivity index (χ1v) is 8.79. The molecule has 0 spiro atoms. The minimum atomic E-state index is 0.442. The van der Waals surface area contributed by atoms with Crippen molar-refractivity contribution in [2.24, 2.45) is 0 Å². The van der Waals surface area contributed by atoms with E-state index >= 15 is 0 Å². The highest BCUT2D eigenvalue weighted by Crippen LogP contribution is 2.19. The molecule has 2 unspecified atom stereocenters. The van der Waals surface area contributed by atoms with Gasteiger partial charge in [0.05, 0.1) is 0 Å². The van der Waals surface area contributed by atoms with Crippen molar-refractivity contribution in [3.05, 3.63) is 29.8 Å². The van der Waals surface area contributed by atoms with E-state index in [1.54, 1.807) is 11.8 Å². The maximum Gasteiger partial charge on any atom is 0.0294 e. The molecule has 2 atom stereocenters. The molecule has 0 radical (unpaired) electrons. The smallest absolute Gasteiger partial charge is 0.0294 e. The molecule has 2 heteroatoms. The second-order valence-electron chi connectivity index (χ2n) is 5.41. The largest absolute Gasteiger partial charge is 0.308 e. The molecule has 1 aromatic carbocycles. The van der Waals surface area contributed by atoms with Gasteiger partial charge in [-0.15, -0.1) is 11.8 Å². The number of nitrogens with one attached hydrogen (secondary N) is 1. The maximum absolute atomic E-state index is 3.70. The Morgan fingerprint density at radius 1 is 1.05 bits per heavy atom. The third-order valence-corrected chi connectivity index (χ3v) is 4.38. The molecule has 1 nitrogen and oxygen atoms in total. The molecule has 0 aliphatic carbocycles. The van der Waals surface area contributed by atoms with E-state index in [2.05, 4.69) is 56.6 Å². The number of hydrogen-bond acceptors (Lipinski definition) is 2. The van der Waals surface area contributed by atoms with Crippen LogP contribution in [0.5, 0.6) is 0 Å². The molecule has 0 heterocycles. The molecule has 0 saturated heterocycles. The van der Waals surface area contributed by atoms with Gasteiger partial charge in [-0.3, -0.25) is 0 Å². The first kappa shape index (κ1) is 16.6. The van der Waals surface area contributed by atoms with Gasteiger partial charge in [0, 0.05) is 17.0 Å². The lowest BCUT2D eigenvalue weighted by molar-refractivity contribution is 0.438. The van der Waals surface area contributed by atoms with Gasteiger partial charge in [-0.2, -0.15) is 0 Å². The molecule has 0 aliphatic heterocycles. The summed E-state index contributed by atoms with van der Waals surface area (Å²) < 4.78 is 0. The van der Waals surface area contributed by atoms with Crippen LogP contribution in [0.1, 0.15) is 64.5 Å². The Labute approximate surface area is 123 Å². The predicted octanol–water partition coefficient (Wildman–Crippen LogP) is 5.42. The molecule has 108 valence electrons. The van der Waals surface area contributed by atoms with Crippen LogP contribution in [-0.4, -0.2) is 12.3 Å². The Morgan fingerprint density at radius 2 is 1.74 bits per heavy atom. The van der Waals surface area contributed by atoms with Gasteiger partial charge in [0.2, 0.25) is 0 Å². The lowest BCUT2D eigenvalue weighted by Gasteiger charge is -2.20. The second-order valence-corrected chi connectivity index (χ2v) is 6.29. The van der Waals surface area contributed by atoms with Crippen molar-refractivity contribution in [2.45, 2.75) is 69.9 Å². The minimum absolute atomic E-state index is 0.442. The fourth-order valence-corrected chi connectivity index (χ4v) is 2.78. The van der Waals surface area contributed by atoms with Crippen molar-refractivity contribution >= 4 is 11.8 Å². The highest BCUT2D eigenvalue weighted by molar-refractivity contribution is 7.98. The summed E-state index contributed by atoms with van der Waals surface area (Å²) in [4.78, 5) is 1.34. The average molecular weight is 279 g/mol. The Kier molecular flexibility index (Phi) is 8.24. The molecular formula is C17H29NS. The van der Waals surface area contributed by atoms with E-state index in [4.69, 9.17) is 0 Å². The predicted molar refractivity (Wildman–Crippen MR) is 88.0 cm³/mol. The third-order valence-electron chi connectivity index (χ3n) is 3.64. The summed E-state index contributed by atoms with van der Waals surface area (Å²) in [5, 5.41) is 3.70. The van der Waals surface area contributed by atoms with Crippen molar-refractivity contribution in [3.8, 4) is 0 Å². The van der Waals surface area contributed by atoms with Crippen LogP contribution >= 0.6 is 11.8 Å². The summed E-state index contributed by atoms with van der Waals surface area (Å²) >= 11 is 1.80. The summed E-state index contributed by atoms with van der Waals surface area (Å²) in [6, 6.07) is 9.96. The van der Waals surface area contributed by atoms with Crippen LogP contribution in [0.3, 0.4) is 0 Å². The summed E-state index contributed by atoms with van der Waals surface area (Å²) in [6.07, 6.45) is 8.82. The molecule has 0 aliphatic rings. The Morgan fingerprint density at radius 3 is 2.32 bits per heavy atom. The van der Waals surface area contributed by atoms with Crippen LogP contribution in [-0.2, 0) is 0 Å². The molecule has 1 N–H and O–H groups in total. The van der Waals surface area contributed by atoms with E-state index in [9.17, 15) is 0 Å². The van der Waals surface area contributed by atoms with Gasteiger partial charge in [-0.05, 0) is 44.2 Å². The molecule has 1 aromatic rings. The molecule has 19 heavy (non-hydrogen) atoms. The number of rotatable bonds is 9. The normalized spacial score (nSPS) is 14.3. The van der Waals surface area contributed by atoms with Crippen LogP contribution in [0.4, 0.5) is 0 Å². The van der Waals surface area contributed by atoms with Gasteiger partial charge in [-0.1, -0.05) is 44.7 Å². The average Bonchev–Trinajstić information content (AvgIpc) is 2.43. The molecular weight excluding hydrogens is 250 g/mol. The van der Waals surface area contributed by atoms with Crippen molar-refractivity contribution in [1.29, 1.82) is 0 Å². The molecule has 0 aromatic heterocycles. The van der Waals surface area contributed by atoms with Gasteiger partial charge in [0.15, 0.2) is 0 Å². The van der Waals surface area contributed by atoms with E-state index < -0.39 is 0 Å². The summed E-state index contributed by atoms with van der Waals surface area (Å²) in [5.74, 6) is 0. The van der Waals surface area contributed by atoms with Crippen LogP contribution in [0.15, 0.2) is 29.2 Å². The van der Waals surface area contributed by atoms with E-state index in [0.29, 0.717) is 12.1 Å². The van der Waals surface area contributed by atoms with Crippen LogP contribution in [0.25, 0.3) is 0 Å². The second kappa shape index (κ2) is 9.44. The zero-order chi connectivity index (χ0) is 14.1. The monoisotopic (exact) mass is 279 g/mol. The first-order valence-electron chi connectivity index (χ1n) is 7.57. The highest BCUT2D eigenvalue weighted by atomic mass is 32.2. The molecule has 1 rings (SSSR count). The van der Waals surface area contributed by atoms with Gasteiger partial charge in [-0.25, -0.2) is 0 Å². The van der Waals surface area contributed by atoms with E-state index in [1.165, 1.54) is 42.6 Å². The molecule has 0 amide bonds. The third kappa shape index (κ3) is 6.49. The number of hydrogen-bond donors (Lipinski definition) is 1. The van der Waals surface area contributed by atoms with Crippen molar-refractivity contribution in [3.63, 3.8) is 0 Å². The number of benzene rings is 1. The fraction of sp³-hybridized carbons (Fsp3) is 0.647. The maximum atomic E-state index is 3.70. The summed E-state index contributed by atoms with van der Waals surface area (Å²) in [5.41, 5.74) is 1.39. The summed E-state index contributed by atoms with van der Waals surface area (Å²) in [6.45, 7) is 6.83. The van der Waals surface area contributed by atoms with Crippen LogP contribution in [0, 0.1) is 0 Å². The van der Waals surface area contributed by atoms with Gasteiger partial charge >= 0.3 is 0 Å². The van der Waals surface area contributed by atoms with E-state index in [-0.39, 0.29) is 0 Å². The number of unbranched alkanes of at least 4 members (excludes halogenated alkanes) is 3. The molecule has 0 bridgehead atoms. The van der Waals surface area contributed by atoms with Gasteiger partial charge < -0.3 is 5.32 Å². The Balaban J connectivity index is 2.33. The van der Waals surface area contributed by atoms with Gasteiger partial charge in [0.25, 0.3) is 0 Å². The van der Waals surface area contributed by atoms with Crippen LogP contribution in [0.2, 0.25) is 0 Å². The molecule has 0 fully saturated rings. The lowest BCUT2D eigenvalue weighted by Crippen LogP contribution is -2.28. The van der Waals surface area contributed by atoms with Crippen LogP contribution < -0.4 is 5.32 Å². The lowest BCUT2D eigenvalue weighted by atomic mass is 10.0. The highest BCUT2D eigenvalue weighted by Gasteiger charge is 2.09.